The van der Waals surface area contributed by atoms with Crippen LogP contribution in [0.3, 0.4) is 0 Å². The van der Waals surface area contributed by atoms with Crippen LogP contribution in [0, 0.1) is 5.82 Å². The van der Waals surface area contributed by atoms with E-state index in [0.29, 0.717) is 13.1 Å². The molecule has 1 amide bonds. The first kappa shape index (κ1) is 13.5. The zero-order valence-electron chi connectivity index (χ0n) is 11.6. The number of fused-ring (bicyclic) bond motifs is 1. The van der Waals surface area contributed by atoms with Crippen LogP contribution in [0.2, 0.25) is 0 Å². The first-order valence-electron chi connectivity index (χ1n) is 6.99. The van der Waals surface area contributed by atoms with Crippen molar-refractivity contribution in [3.8, 4) is 0 Å². The van der Waals surface area contributed by atoms with Gasteiger partial charge in [0.05, 0.1) is 12.1 Å². The smallest absolute Gasteiger partial charge is 0.240 e. The van der Waals surface area contributed by atoms with Gasteiger partial charge in [-0.15, -0.1) is 0 Å². The lowest BCUT2D eigenvalue weighted by molar-refractivity contribution is -0.134. The highest BCUT2D eigenvalue weighted by Crippen LogP contribution is 2.22. The van der Waals surface area contributed by atoms with Crippen molar-refractivity contribution in [2.24, 2.45) is 0 Å². The van der Waals surface area contributed by atoms with Gasteiger partial charge in [-0.1, -0.05) is 6.07 Å². The molecule has 2 aliphatic rings. The number of carbonyl (C=O) groups excluding carboxylic acids is 1. The Labute approximate surface area is 117 Å². The maximum absolute atomic E-state index is 13.2. The summed E-state index contributed by atoms with van der Waals surface area (Å²) in [6, 6.07) is 4.67. The molecule has 2 heterocycles. The summed E-state index contributed by atoms with van der Waals surface area (Å²) < 4.78 is 18.4. The molecule has 2 aliphatic heterocycles. The molecule has 0 unspecified atom stereocenters. The van der Waals surface area contributed by atoms with Crippen molar-refractivity contribution in [3.05, 3.63) is 35.1 Å². The highest BCUT2D eigenvalue weighted by Gasteiger charge is 2.33. The van der Waals surface area contributed by atoms with Crippen LogP contribution in [0.1, 0.15) is 17.5 Å². The van der Waals surface area contributed by atoms with Gasteiger partial charge in [-0.25, -0.2) is 4.39 Å². The fourth-order valence-corrected chi connectivity index (χ4v) is 3.00. The van der Waals surface area contributed by atoms with Crippen LogP contribution >= 0.6 is 0 Å². The first-order valence-corrected chi connectivity index (χ1v) is 6.99. The molecule has 108 valence electrons. The Morgan fingerprint density at radius 2 is 2.30 bits per heavy atom. The van der Waals surface area contributed by atoms with E-state index in [0.717, 1.165) is 30.5 Å². The van der Waals surface area contributed by atoms with Gasteiger partial charge in [-0.3, -0.25) is 4.79 Å². The molecular weight excluding hydrogens is 259 g/mol. The van der Waals surface area contributed by atoms with E-state index in [1.807, 2.05) is 4.90 Å². The summed E-state index contributed by atoms with van der Waals surface area (Å²) in [5.41, 5.74) is 2.07. The molecule has 0 aromatic heterocycles. The molecular formula is C15H19FN2O2. The standard InChI is InChI=1S/C15H19FN2O2/c1-20-13-7-14(17-8-13)15(19)18-5-4-10-6-12(16)3-2-11(10)9-18/h2-3,6,13-14,17H,4-5,7-9H2,1H3/t13-,14+/m0/s1. The van der Waals surface area contributed by atoms with Crippen molar-refractivity contribution in [2.45, 2.75) is 31.5 Å². The Kier molecular flexibility index (Phi) is 3.72. The average Bonchev–Trinajstić information content (AvgIpc) is 2.95. The summed E-state index contributed by atoms with van der Waals surface area (Å²) in [5, 5.41) is 3.21. The summed E-state index contributed by atoms with van der Waals surface area (Å²) in [6.07, 6.45) is 1.57. The number of ether oxygens (including phenoxy) is 1. The summed E-state index contributed by atoms with van der Waals surface area (Å²) in [4.78, 5) is 14.3. The van der Waals surface area contributed by atoms with Crippen LogP contribution in [-0.4, -0.2) is 43.2 Å². The van der Waals surface area contributed by atoms with Gasteiger partial charge < -0.3 is 15.0 Å². The molecule has 0 aliphatic carbocycles. The second kappa shape index (κ2) is 5.50. The van der Waals surface area contributed by atoms with Crippen LogP contribution < -0.4 is 5.32 Å². The van der Waals surface area contributed by atoms with Gasteiger partial charge in [0, 0.05) is 26.7 Å². The number of benzene rings is 1. The number of rotatable bonds is 2. The van der Waals surface area contributed by atoms with E-state index < -0.39 is 0 Å². The maximum atomic E-state index is 13.2. The highest BCUT2D eigenvalue weighted by atomic mass is 19.1. The van der Waals surface area contributed by atoms with Crippen LogP contribution in [0.25, 0.3) is 0 Å². The summed E-state index contributed by atoms with van der Waals surface area (Å²) >= 11 is 0. The topological polar surface area (TPSA) is 41.6 Å². The average molecular weight is 278 g/mol. The number of amides is 1. The quantitative estimate of drug-likeness (QED) is 0.880. The van der Waals surface area contributed by atoms with Crippen molar-refractivity contribution >= 4 is 5.91 Å². The molecule has 0 radical (unpaired) electrons. The van der Waals surface area contributed by atoms with Crippen molar-refractivity contribution in [3.63, 3.8) is 0 Å². The van der Waals surface area contributed by atoms with Gasteiger partial charge in [-0.05, 0) is 36.1 Å². The van der Waals surface area contributed by atoms with Gasteiger partial charge in [0.15, 0.2) is 0 Å². The second-order valence-corrected chi connectivity index (χ2v) is 5.48. The number of carbonyl (C=O) groups is 1. The lowest BCUT2D eigenvalue weighted by atomic mass is 9.99. The van der Waals surface area contributed by atoms with Crippen molar-refractivity contribution < 1.29 is 13.9 Å². The zero-order valence-corrected chi connectivity index (χ0v) is 11.6. The maximum Gasteiger partial charge on any atom is 0.240 e. The van der Waals surface area contributed by atoms with Gasteiger partial charge in [-0.2, -0.15) is 0 Å². The Hall–Kier alpha value is -1.46. The van der Waals surface area contributed by atoms with Crippen molar-refractivity contribution in [1.29, 1.82) is 0 Å². The molecule has 1 saturated heterocycles. The Bertz CT molecular complexity index is 521. The number of hydrogen-bond donors (Lipinski definition) is 1. The zero-order chi connectivity index (χ0) is 14.1. The predicted octanol–water partition coefficient (Wildman–Crippen LogP) is 1.09. The van der Waals surface area contributed by atoms with E-state index in [4.69, 9.17) is 4.74 Å². The monoisotopic (exact) mass is 278 g/mol. The fourth-order valence-electron chi connectivity index (χ4n) is 3.00. The summed E-state index contributed by atoms with van der Waals surface area (Å²) in [5.74, 6) is -0.0801. The van der Waals surface area contributed by atoms with Crippen LogP contribution in [-0.2, 0) is 22.5 Å². The van der Waals surface area contributed by atoms with E-state index in [1.165, 1.54) is 6.07 Å². The molecule has 2 atom stereocenters. The van der Waals surface area contributed by atoms with E-state index in [9.17, 15) is 9.18 Å². The third kappa shape index (κ3) is 2.55. The minimum Gasteiger partial charge on any atom is -0.380 e. The van der Waals surface area contributed by atoms with E-state index in [-0.39, 0.29) is 23.9 Å². The van der Waals surface area contributed by atoms with Gasteiger partial charge in [0.2, 0.25) is 5.91 Å². The number of nitrogens with one attached hydrogen (secondary N) is 1. The third-order valence-electron chi connectivity index (χ3n) is 4.21. The molecule has 0 bridgehead atoms. The Balaban J connectivity index is 1.68. The highest BCUT2D eigenvalue weighted by molar-refractivity contribution is 5.82. The Morgan fingerprint density at radius 1 is 1.45 bits per heavy atom. The second-order valence-electron chi connectivity index (χ2n) is 5.48. The molecule has 3 rings (SSSR count). The van der Waals surface area contributed by atoms with Gasteiger partial charge >= 0.3 is 0 Å². The summed E-state index contributed by atoms with van der Waals surface area (Å²) in [7, 11) is 1.67. The fraction of sp³-hybridized carbons (Fsp3) is 0.533. The van der Waals surface area contributed by atoms with Gasteiger partial charge in [0.25, 0.3) is 0 Å². The number of methoxy groups -OCH3 is 1. The minimum absolute atomic E-state index is 0.120. The van der Waals surface area contributed by atoms with Crippen LogP contribution in [0.5, 0.6) is 0 Å². The van der Waals surface area contributed by atoms with E-state index in [1.54, 1.807) is 19.2 Å². The minimum atomic E-state index is -0.205. The lowest BCUT2D eigenvalue weighted by Gasteiger charge is -2.31. The molecule has 1 aromatic carbocycles. The molecule has 1 fully saturated rings. The molecule has 1 aromatic rings. The Morgan fingerprint density at radius 3 is 3.05 bits per heavy atom. The largest absolute Gasteiger partial charge is 0.380 e. The van der Waals surface area contributed by atoms with E-state index in [2.05, 4.69) is 5.32 Å². The molecule has 4 nitrogen and oxygen atoms in total. The molecule has 0 saturated carbocycles. The van der Waals surface area contributed by atoms with Crippen molar-refractivity contribution in [2.75, 3.05) is 20.2 Å². The molecule has 0 spiro atoms. The first-order chi connectivity index (χ1) is 9.67. The predicted molar refractivity (Wildman–Crippen MR) is 72.7 cm³/mol. The van der Waals surface area contributed by atoms with Crippen molar-refractivity contribution in [1.82, 2.24) is 10.2 Å². The number of nitrogens with zero attached hydrogens (tertiary/aromatic N) is 1. The normalized spacial score (nSPS) is 25.6. The molecule has 20 heavy (non-hydrogen) atoms. The summed E-state index contributed by atoms with van der Waals surface area (Å²) in [6.45, 7) is 1.96. The van der Waals surface area contributed by atoms with Gasteiger partial charge in [0.1, 0.15) is 5.82 Å². The number of halogens is 1. The third-order valence-corrected chi connectivity index (χ3v) is 4.21. The lowest BCUT2D eigenvalue weighted by Crippen LogP contribution is -2.45. The number of hydrogen-bond acceptors (Lipinski definition) is 3. The SMILES string of the molecule is CO[C@@H]1CN[C@@H](C(=O)N2CCc3cc(F)ccc3C2)C1. The van der Waals surface area contributed by atoms with Crippen LogP contribution in [0.15, 0.2) is 18.2 Å². The molecule has 5 heteroatoms. The molecule has 1 N–H and O–H groups in total. The van der Waals surface area contributed by atoms with Crippen LogP contribution in [0.4, 0.5) is 4.39 Å². The van der Waals surface area contributed by atoms with E-state index >= 15 is 0 Å².